The maximum Gasteiger partial charge on any atom is 0.416 e. The molecule has 0 aliphatic rings. The van der Waals surface area contributed by atoms with Gasteiger partial charge in [0.1, 0.15) is 6.61 Å². The van der Waals surface area contributed by atoms with Crippen molar-refractivity contribution in [1.29, 1.82) is 0 Å². The molecule has 0 bridgehead atoms. The van der Waals surface area contributed by atoms with E-state index in [2.05, 4.69) is 0 Å². The quantitative estimate of drug-likeness (QED) is 0.793. The van der Waals surface area contributed by atoms with Crippen LogP contribution in [0.15, 0.2) is 24.3 Å². The van der Waals surface area contributed by atoms with E-state index in [0.29, 0.717) is 18.1 Å². The molecular formula is C14H17F3O2. The van der Waals surface area contributed by atoms with E-state index in [0.717, 1.165) is 12.1 Å². The minimum atomic E-state index is -4.34. The van der Waals surface area contributed by atoms with Gasteiger partial charge in [-0.15, -0.1) is 0 Å². The molecule has 0 saturated carbocycles. The van der Waals surface area contributed by atoms with E-state index in [9.17, 15) is 18.0 Å². The summed E-state index contributed by atoms with van der Waals surface area (Å²) in [6.07, 6.45) is -4.25. The highest BCUT2D eigenvalue weighted by Crippen LogP contribution is 2.29. The van der Waals surface area contributed by atoms with Crippen LogP contribution in [0.5, 0.6) is 0 Å². The van der Waals surface area contributed by atoms with Crippen LogP contribution in [0.2, 0.25) is 0 Å². The van der Waals surface area contributed by atoms with Gasteiger partial charge in [0, 0.05) is 13.0 Å². The number of halogens is 3. The van der Waals surface area contributed by atoms with Gasteiger partial charge in [-0.05, 0) is 23.6 Å². The Labute approximate surface area is 110 Å². The SMILES string of the molecule is CC(C)COCC(=O)Cc1ccc(C(F)(F)F)cc1. The van der Waals surface area contributed by atoms with Gasteiger partial charge in [-0.1, -0.05) is 26.0 Å². The molecule has 2 nitrogen and oxygen atoms in total. The van der Waals surface area contributed by atoms with Gasteiger partial charge in [0.2, 0.25) is 0 Å². The molecule has 19 heavy (non-hydrogen) atoms. The molecule has 1 aromatic carbocycles. The van der Waals surface area contributed by atoms with Crippen molar-refractivity contribution in [3.63, 3.8) is 0 Å². The lowest BCUT2D eigenvalue weighted by molar-refractivity contribution is -0.137. The van der Waals surface area contributed by atoms with Crippen LogP contribution < -0.4 is 0 Å². The van der Waals surface area contributed by atoms with E-state index in [1.807, 2.05) is 13.8 Å². The first-order chi connectivity index (χ1) is 8.79. The van der Waals surface area contributed by atoms with Gasteiger partial charge in [-0.2, -0.15) is 13.2 Å². The minimum absolute atomic E-state index is 0.000791. The molecule has 0 saturated heterocycles. The standard InChI is InChI=1S/C14H17F3O2/c1-10(2)8-19-9-13(18)7-11-3-5-12(6-4-11)14(15,16)17/h3-6,10H,7-9H2,1-2H3. The fourth-order valence-electron chi connectivity index (χ4n) is 1.50. The Morgan fingerprint density at radius 2 is 1.79 bits per heavy atom. The van der Waals surface area contributed by atoms with Crippen molar-refractivity contribution >= 4 is 5.78 Å². The summed E-state index contributed by atoms with van der Waals surface area (Å²) in [7, 11) is 0. The molecule has 0 unspecified atom stereocenters. The maximum atomic E-state index is 12.3. The number of carbonyl (C=O) groups excluding carboxylic acids is 1. The third-order valence-corrected chi connectivity index (χ3v) is 2.40. The third kappa shape index (κ3) is 5.87. The monoisotopic (exact) mass is 274 g/mol. The van der Waals surface area contributed by atoms with E-state index < -0.39 is 11.7 Å². The summed E-state index contributed by atoms with van der Waals surface area (Å²) >= 11 is 0. The number of ketones is 1. The van der Waals surface area contributed by atoms with Crippen LogP contribution in [-0.4, -0.2) is 19.0 Å². The molecule has 0 atom stereocenters. The Bertz CT molecular complexity index is 408. The molecular weight excluding hydrogens is 257 g/mol. The Hall–Kier alpha value is -1.36. The molecule has 0 aliphatic heterocycles. The molecule has 0 N–H and O–H groups in total. The largest absolute Gasteiger partial charge is 0.416 e. The normalized spacial score (nSPS) is 11.9. The number of rotatable bonds is 6. The van der Waals surface area contributed by atoms with Gasteiger partial charge < -0.3 is 4.74 Å². The molecule has 5 heteroatoms. The number of Topliss-reactive ketones (excluding diaryl/α,β-unsaturated/α-hetero) is 1. The Morgan fingerprint density at radius 3 is 2.26 bits per heavy atom. The topological polar surface area (TPSA) is 26.3 Å². The highest BCUT2D eigenvalue weighted by Gasteiger charge is 2.29. The summed E-state index contributed by atoms with van der Waals surface area (Å²) in [5.74, 6) is 0.208. The Kier molecular flexibility index (Phi) is 5.54. The first-order valence-corrected chi connectivity index (χ1v) is 6.04. The van der Waals surface area contributed by atoms with Crippen LogP contribution in [0.4, 0.5) is 13.2 Å². The summed E-state index contributed by atoms with van der Waals surface area (Å²) in [5.41, 5.74) is -0.147. The van der Waals surface area contributed by atoms with Crippen LogP contribution in [-0.2, 0) is 22.1 Å². The number of alkyl halides is 3. The van der Waals surface area contributed by atoms with Crippen molar-refractivity contribution < 1.29 is 22.7 Å². The van der Waals surface area contributed by atoms with Gasteiger partial charge in [-0.25, -0.2) is 0 Å². The van der Waals surface area contributed by atoms with E-state index in [1.165, 1.54) is 12.1 Å². The van der Waals surface area contributed by atoms with Crippen LogP contribution in [0, 0.1) is 5.92 Å². The second-order valence-electron chi connectivity index (χ2n) is 4.82. The summed E-state index contributed by atoms with van der Waals surface area (Å²) in [5, 5.41) is 0. The van der Waals surface area contributed by atoms with Crippen LogP contribution in [0.25, 0.3) is 0 Å². The number of hydrogen-bond acceptors (Lipinski definition) is 2. The third-order valence-electron chi connectivity index (χ3n) is 2.40. The fourth-order valence-corrected chi connectivity index (χ4v) is 1.50. The number of hydrogen-bond donors (Lipinski definition) is 0. The predicted molar refractivity (Wildman–Crippen MR) is 65.8 cm³/mol. The zero-order valence-corrected chi connectivity index (χ0v) is 11.0. The average Bonchev–Trinajstić information content (AvgIpc) is 2.27. The average molecular weight is 274 g/mol. The highest BCUT2D eigenvalue weighted by atomic mass is 19.4. The number of ether oxygens (including phenoxy) is 1. The van der Waals surface area contributed by atoms with E-state index in [4.69, 9.17) is 4.74 Å². The zero-order chi connectivity index (χ0) is 14.5. The summed E-state index contributed by atoms with van der Waals surface area (Å²) < 4.78 is 42.2. The fraction of sp³-hybridized carbons (Fsp3) is 0.500. The molecule has 106 valence electrons. The summed E-state index contributed by atoms with van der Waals surface area (Å²) in [6.45, 7) is 4.44. The molecule has 0 spiro atoms. The predicted octanol–water partition coefficient (Wildman–Crippen LogP) is 3.49. The smallest absolute Gasteiger partial charge is 0.373 e. The Morgan fingerprint density at radius 1 is 1.21 bits per heavy atom. The molecule has 1 rings (SSSR count). The van der Waals surface area contributed by atoms with Crippen LogP contribution >= 0.6 is 0 Å². The van der Waals surface area contributed by atoms with Gasteiger partial charge >= 0.3 is 6.18 Å². The second kappa shape index (κ2) is 6.70. The summed E-state index contributed by atoms with van der Waals surface area (Å²) in [6, 6.07) is 4.61. The zero-order valence-electron chi connectivity index (χ0n) is 11.0. The van der Waals surface area contributed by atoms with Gasteiger partial charge in [0.15, 0.2) is 5.78 Å². The van der Waals surface area contributed by atoms with Crippen molar-refractivity contribution in [2.24, 2.45) is 5.92 Å². The van der Waals surface area contributed by atoms with Gasteiger partial charge in [0.05, 0.1) is 5.56 Å². The molecule has 0 amide bonds. The number of carbonyl (C=O) groups is 1. The number of benzene rings is 1. The molecule has 0 fully saturated rings. The second-order valence-corrected chi connectivity index (χ2v) is 4.82. The van der Waals surface area contributed by atoms with Gasteiger partial charge in [-0.3, -0.25) is 4.79 Å². The lowest BCUT2D eigenvalue weighted by atomic mass is 10.1. The van der Waals surface area contributed by atoms with Crippen molar-refractivity contribution in [2.45, 2.75) is 26.4 Å². The molecule has 0 aliphatic carbocycles. The van der Waals surface area contributed by atoms with E-state index in [-0.39, 0.29) is 18.8 Å². The van der Waals surface area contributed by atoms with Crippen LogP contribution in [0.1, 0.15) is 25.0 Å². The van der Waals surface area contributed by atoms with E-state index in [1.54, 1.807) is 0 Å². The molecule has 0 aromatic heterocycles. The lowest BCUT2D eigenvalue weighted by Crippen LogP contribution is -2.14. The summed E-state index contributed by atoms with van der Waals surface area (Å²) in [4.78, 5) is 11.5. The first kappa shape index (κ1) is 15.7. The molecule has 0 radical (unpaired) electrons. The van der Waals surface area contributed by atoms with Crippen molar-refractivity contribution in [3.05, 3.63) is 35.4 Å². The first-order valence-electron chi connectivity index (χ1n) is 6.04. The van der Waals surface area contributed by atoms with Crippen molar-refractivity contribution in [3.8, 4) is 0 Å². The highest BCUT2D eigenvalue weighted by molar-refractivity contribution is 5.82. The van der Waals surface area contributed by atoms with Gasteiger partial charge in [0.25, 0.3) is 0 Å². The Balaban J connectivity index is 2.47. The van der Waals surface area contributed by atoms with Crippen molar-refractivity contribution in [2.75, 3.05) is 13.2 Å². The molecule has 1 aromatic rings. The maximum absolute atomic E-state index is 12.3. The van der Waals surface area contributed by atoms with Crippen LogP contribution in [0.3, 0.4) is 0 Å². The lowest BCUT2D eigenvalue weighted by Gasteiger charge is -2.08. The minimum Gasteiger partial charge on any atom is -0.373 e. The molecule has 0 heterocycles. The van der Waals surface area contributed by atoms with E-state index >= 15 is 0 Å². The van der Waals surface area contributed by atoms with Crippen molar-refractivity contribution in [1.82, 2.24) is 0 Å².